The Morgan fingerprint density at radius 1 is 1.25 bits per heavy atom. The van der Waals surface area contributed by atoms with Crippen molar-refractivity contribution in [2.75, 3.05) is 26.7 Å². The number of hydrogen-bond donors (Lipinski definition) is 2. The van der Waals surface area contributed by atoms with Crippen molar-refractivity contribution in [1.29, 1.82) is 0 Å². The lowest BCUT2D eigenvalue weighted by Gasteiger charge is -2.13. The fourth-order valence-corrected chi connectivity index (χ4v) is 1.84. The van der Waals surface area contributed by atoms with Gasteiger partial charge in [0.25, 0.3) is 0 Å². The Kier molecular flexibility index (Phi) is 7.55. The van der Waals surface area contributed by atoms with Gasteiger partial charge in [-0.2, -0.15) is 0 Å². The first-order valence-corrected chi connectivity index (χ1v) is 7.31. The molecule has 20 heavy (non-hydrogen) atoms. The maximum atomic E-state index is 5.36. The SMILES string of the molecule is CCNC(=NCC(C)C)NCCc1ccccc1OC. The van der Waals surface area contributed by atoms with Crippen LogP contribution in [0.5, 0.6) is 5.75 Å². The van der Waals surface area contributed by atoms with Gasteiger partial charge in [0.15, 0.2) is 5.96 Å². The van der Waals surface area contributed by atoms with Gasteiger partial charge >= 0.3 is 0 Å². The van der Waals surface area contributed by atoms with Crippen LogP contribution in [-0.2, 0) is 6.42 Å². The third-order valence-corrected chi connectivity index (χ3v) is 2.84. The molecule has 0 unspecified atom stereocenters. The minimum absolute atomic E-state index is 0.569. The van der Waals surface area contributed by atoms with Gasteiger partial charge in [-0.3, -0.25) is 4.99 Å². The van der Waals surface area contributed by atoms with E-state index < -0.39 is 0 Å². The largest absolute Gasteiger partial charge is 0.496 e. The molecular weight excluding hydrogens is 250 g/mol. The monoisotopic (exact) mass is 277 g/mol. The maximum absolute atomic E-state index is 5.36. The van der Waals surface area contributed by atoms with E-state index in [1.807, 2.05) is 18.2 Å². The quantitative estimate of drug-likeness (QED) is 0.594. The molecular formula is C16H27N3O. The van der Waals surface area contributed by atoms with Crippen LogP contribution in [0.1, 0.15) is 26.3 Å². The van der Waals surface area contributed by atoms with Gasteiger partial charge in [0.1, 0.15) is 5.75 Å². The van der Waals surface area contributed by atoms with Gasteiger partial charge in [-0.1, -0.05) is 32.0 Å². The van der Waals surface area contributed by atoms with E-state index in [0.717, 1.165) is 37.8 Å². The number of ether oxygens (including phenoxy) is 1. The fourth-order valence-electron chi connectivity index (χ4n) is 1.84. The van der Waals surface area contributed by atoms with Crippen molar-refractivity contribution >= 4 is 5.96 Å². The van der Waals surface area contributed by atoms with Gasteiger partial charge in [-0.25, -0.2) is 0 Å². The number of nitrogens with one attached hydrogen (secondary N) is 2. The molecule has 4 nitrogen and oxygen atoms in total. The fraction of sp³-hybridized carbons (Fsp3) is 0.562. The van der Waals surface area contributed by atoms with Crippen molar-refractivity contribution in [2.45, 2.75) is 27.2 Å². The Morgan fingerprint density at radius 2 is 2.00 bits per heavy atom. The molecule has 0 aliphatic rings. The molecule has 0 aliphatic carbocycles. The Hall–Kier alpha value is -1.71. The lowest BCUT2D eigenvalue weighted by Crippen LogP contribution is -2.38. The number of nitrogens with zero attached hydrogens (tertiary/aromatic N) is 1. The summed E-state index contributed by atoms with van der Waals surface area (Å²) in [6, 6.07) is 8.12. The summed E-state index contributed by atoms with van der Waals surface area (Å²) in [5, 5.41) is 6.62. The Balaban J connectivity index is 2.49. The molecule has 1 aromatic rings. The van der Waals surface area contributed by atoms with Crippen LogP contribution in [0.2, 0.25) is 0 Å². The minimum atomic E-state index is 0.569. The van der Waals surface area contributed by atoms with E-state index in [-0.39, 0.29) is 0 Å². The summed E-state index contributed by atoms with van der Waals surface area (Å²) < 4.78 is 5.36. The van der Waals surface area contributed by atoms with E-state index in [1.165, 1.54) is 5.56 Å². The van der Waals surface area contributed by atoms with Gasteiger partial charge in [0.2, 0.25) is 0 Å². The third-order valence-electron chi connectivity index (χ3n) is 2.84. The standard InChI is InChI=1S/C16H27N3O/c1-5-17-16(19-12-13(2)3)18-11-10-14-8-6-7-9-15(14)20-4/h6-9,13H,5,10-12H2,1-4H3,(H2,17,18,19). The van der Waals surface area contributed by atoms with E-state index >= 15 is 0 Å². The van der Waals surface area contributed by atoms with E-state index in [0.29, 0.717) is 5.92 Å². The van der Waals surface area contributed by atoms with Crippen LogP contribution in [0.25, 0.3) is 0 Å². The molecule has 0 amide bonds. The number of guanidine groups is 1. The van der Waals surface area contributed by atoms with Crippen LogP contribution in [0.3, 0.4) is 0 Å². The molecule has 1 rings (SSSR count). The zero-order valence-electron chi connectivity index (χ0n) is 13.1. The minimum Gasteiger partial charge on any atom is -0.496 e. The van der Waals surface area contributed by atoms with Crippen LogP contribution < -0.4 is 15.4 Å². The highest BCUT2D eigenvalue weighted by Crippen LogP contribution is 2.17. The highest BCUT2D eigenvalue weighted by molar-refractivity contribution is 5.79. The maximum Gasteiger partial charge on any atom is 0.191 e. The predicted octanol–water partition coefficient (Wildman–Crippen LogP) is 2.45. The molecule has 0 saturated heterocycles. The molecule has 0 fully saturated rings. The molecule has 2 N–H and O–H groups in total. The lowest BCUT2D eigenvalue weighted by atomic mass is 10.1. The molecule has 0 aromatic heterocycles. The smallest absolute Gasteiger partial charge is 0.191 e. The highest BCUT2D eigenvalue weighted by Gasteiger charge is 2.02. The van der Waals surface area contributed by atoms with Gasteiger partial charge in [-0.15, -0.1) is 0 Å². The summed E-state index contributed by atoms with van der Waals surface area (Å²) in [6.07, 6.45) is 0.913. The molecule has 0 bridgehead atoms. The van der Waals surface area contributed by atoms with E-state index in [2.05, 4.69) is 42.5 Å². The van der Waals surface area contributed by atoms with Gasteiger partial charge in [-0.05, 0) is 30.9 Å². The van der Waals surface area contributed by atoms with Crippen LogP contribution in [0.4, 0.5) is 0 Å². The first-order valence-electron chi connectivity index (χ1n) is 7.31. The second-order valence-electron chi connectivity index (χ2n) is 5.10. The Morgan fingerprint density at radius 3 is 2.65 bits per heavy atom. The van der Waals surface area contributed by atoms with Crippen molar-refractivity contribution in [3.8, 4) is 5.75 Å². The molecule has 0 heterocycles. The highest BCUT2D eigenvalue weighted by atomic mass is 16.5. The molecule has 4 heteroatoms. The lowest BCUT2D eigenvalue weighted by molar-refractivity contribution is 0.409. The van der Waals surface area contributed by atoms with Crippen molar-refractivity contribution in [3.05, 3.63) is 29.8 Å². The van der Waals surface area contributed by atoms with Crippen molar-refractivity contribution in [1.82, 2.24) is 10.6 Å². The second-order valence-corrected chi connectivity index (χ2v) is 5.10. The summed E-state index contributed by atoms with van der Waals surface area (Å²) in [7, 11) is 1.71. The van der Waals surface area contributed by atoms with E-state index in [9.17, 15) is 0 Å². The number of para-hydroxylation sites is 1. The van der Waals surface area contributed by atoms with Crippen LogP contribution >= 0.6 is 0 Å². The summed E-state index contributed by atoms with van der Waals surface area (Å²) >= 11 is 0. The zero-order chi connectivity index (χ0) is 14.8. The average Bonchev–Trinajstić information content (AvgIpc) is 2.45. The summed E-state index contributed by atoms with van der Waals surface area (Å²) in [5.41, 5.74) is 1.21. The van der Waals surface area contributed by atoms with Gasteiger partial charge < -0.3 is 15.4 Å². The third kappa shape index (κ3) is 5.95. The molecule has 112 valence electrons. The number of aliphatic imine (C=N–C) groups is 1. The average molecular weight is 277 g/mol. The van der Waals surface area contributed by atoms with Gasteiger partial charge in [0.05, 0.1) is 7.11 Å². The van der Waals surface area contributed by atoms with Crippen LogP contribution in [-0.4, -0.2) is 32.7 Å². The normalized spacial score (nSPS) is 11.6. The van der Waals surface area contributed by atoms with Crippen molar-refractivity contribution < 1.29 is 4.74 Å². The molecule has 0 radical (unpaired) electrons. The number of hydrogen-bond acceptors (Lipinski definition) is 2. The first kappa shape index (κ1) is 16.3. The molecule has 0 aliphatic heterocycles. The van der Waals surface area contributed by atoms with E-state index in [1.54, 1.807) is 7.11 Å². The van der Waals surface area contributed by atoms with Gasteiger partial charge in [0, 0.05) is 19.6 Å². The molecule has 0 saturated carbocycles. The topological polar surface area (TPSA) is 45.7 Å². The Labute approximate surface area is 122 Å². The molecule has 0 spiro atoms. The first-order chi connectivity index (χ1) is 9.67. The van der Waals surface area contributed by atoms with Crippen LogP contribution in [0.15, 0.2) is 29.3 Å². The summed E-state index contributed by atoms with van der Waals surface area (Å²) in [5.74, 6) is 2.40. The number of methoxy groups -OCH3 is 1. The van der Waals surface area contributed by atoms with Crippen molar-refractivity contribution in [3.63, 3.8) is 0 Å². The molecule has 0 atom stereocenters. The zero-order valence-corrected chi connectivity index (χ0v) is 13.1. The van der Waals surface area contributed by atoms with Crippen LogP contribution in [0, 0.1) is 5.92 Å². The predicted molar refractivity (Wildman–Crippen MR) is 85.5 cm³/mol. The number of benzene rings is 1. The summed E-state index contributed by atoms with van der Waals surface area (Å²) in [4.78, 5) is 4.55. The van der Waals surface area contributed by atoms with E-state index in [4.69, 9.17) is 4.74 Å². The summed E-state index contributed by atoms with van der Waals surface area (Å²) in [6.45, 7) is 8.96. The van der Waals surface area contributed by atoms with Crippen molar-refractivity contribution in [2.24, 2.45) is 10.9 Å². The second kappa shape index (κ2) is 9.23. The Bertz CT molecular complexity index is 416. The number of rotatable bonds is 7. The molecule has 1 aromatic carbocycles.